The first-order valence-corrected chi connectivity index (χ1v) is 26.6. The summed E-state index contributed by atoms with van der Waals surface area (Å²) in [5.74, 6) is 0.344. The van der Waals surface area contributed by atoms with E-state index in [4.69, 9.17) is 0 Å². The van der Waals surface area contributed by atoms with Gasteiger partial charge in [-0.15, -0.1) is 10.2 Å². The molecule has 5 aromatic heterocycles. The number of aromatic nitrogens is 8. The summed E-state index contributed by atoms with van der Waals surface area (Å²) in [4.78, 5) is 50.5. The molecule has 9 aromatic rings. The number of pyridine rings is 1. The molecule has 77 heavy (non-hydrogen) atoms. The van der Waals surface area contributed by atoms with Crippen LogP contribution in [0, 0.1) is 12.7 Å². The fraction of sp³-hybridized carbons (Fsp3) is 0.258. The number of imidazole rings is 2. The zero-order valence-electron chi connectivity index (χ0n) is 43.3. The molecule has 15 heteroatoms. The molecule has 0 fully saturated rings. The second-order valence-corrected chi connectivity index (χ2v) is 19.6. The van der Waals surface area contributed by atoms with Crippen LogP contribution in [-0.2, 0) is 72.5 Å². The van der Waals surface area contributed by atoms with Gasteiger partial charge in [0.15, 0.2) is 5.82 Å². The molecule has 0 saturated carbocycles. The molecule has 5 heterocycles. The van der Waals surface area contributed by atoms with Crippen LogP contribution in [0.3, 0.4) is 0 Å². The van der Waals surface area contributed by atoms with E-state index in [9.17, 15) is 18.8 Å². The van der Waals surface area contributed by atoms with Crippen molar-refractivity contribution < 1.29 is 18.8 Å². The lowest BCUT2D eigenvalue weighted by molar-refractivity contribution is -0.117. The van der Waals surface area contributed by atoms with Crippen molar-refractivity contribution in [3.8, 4) is 33.5 Å². The van der Waals surface area contributed by atoms with E-state index in [2.05, 4.69) is 76.0 Å². The molecule has 0 bridgehead atoms. The number of rotatable bonds is 12. The summed E-state index contributed by atoms with van der Waals surface area (Å²) >= 11 is 0. The van der Waals surface area contributed by atoms with Gasteiger partial charge in [0.2, 0.25) is 17.7 Å². The molecule has 3 aliphatic carbocycles. The lowest BCUT2D eigenvalue weighted by atomic mass is 9.98. The smallest absolute Gasteiger partial charge is 0.245 e. The monoisotopic (exact) mass is 1030 g/mol. The zero-order valence-corrected chi connectivity index (χ0v) is 43.3. The van der Waals surface area contributed by atoms with Gasteiger partial charge >= 0.3 is 0 Å². The van der Waals surface area contributed by atoms with E-state index in [-0.39, 0.29) is 30.1 Å². The molecule has 390 valence electrons. The van der Waals surface area contributed by atoms with Crippen LogP contribution >= 0.6 is 0 Å². The number of benzene rings is 4. The van der Waals surface area contributed by atoms with Crippen LogP contribution in [0.1, 0.15) is 78.3 Å². The second-order valence-electron chi connectivity index (χ2n) is 19.6. The SMILES string of the molecule is Cc1nc(NC(=O)Cn2ccc3c2CCCC3)ccc1-c1ccccc1.O=C(Cn1cnc2c1CCCC2)Nc1ccc(-c2ccccc2)cc1.O=C(Cn1cnc2c1CCCC2)Nc1ccc(-c2ccccc2F)nn1. The molecule has 4 aromatic carbocycles. The molecule has 0 saturated heterocycles. The summed E-state index contributed by atoms with van der Waals surface area (Å²) in [6.07, 6.45) is 18.9. The Morgan fingerprint density at radius 3 is 1.64 bits per heavy atom. The largest absolute Gasteiger partial charge is 0.342 e. The van der Waals surface area contributed by atoms with Crippen molar-refractivity contribution in [1.29, 1.82) is 0 Å². The van der Waals surface area contributed by atoms with Gasteiger partial charge in [0, 0.05) is 45.8 Å². The summed E-state index contributed by atoms with van der Waals surface area (Å²) < 4.78 is 19.7. The molecule has 0 atom stereocenters. The zero-order chi connectivity index (χ0) is 52.9. The van der Waals surface area contributed by atoms with Gasteiger partial charge in [0.05, 0.1) is 29.7 Å². The first kappa shape index (κ1) is 51.6. The molecule has 0 radical (unpaired) electrons. The van der Waals surface area contributed by atoms with Crippen LogP contribution in [-0.4, -0.2) is 56.6 Å². The van der Waals surface area contributed by atoms with Gasteiger partial charge in [0.25, 0.3) is 0 Å². The average Bonchev–Trinajstić information content (AvgIpc) is 4.20. The molecule has 12 rings (SSSR count). The summed E-state index contributed by atoms with van der Waals surface area (Å²) in [5, 5.41) is 16.6. The number of nitrogens with zero attached hydrogens (tertiary/aromatic N) is 8. The molecule has 3 N–H and O–H groups in total. The van der Waals surface area contributed by atoms with Crippen LogP contribution in [0.2, 0.25) is 0 Å². The van der Waals surface area contributed by atoms with Crippen LogP contribution < -0.4 is 16.0 Å². The molecule has 0 aliphatic heterocycles. The third kappa shape index (κ3) is 13.2. The predicted octanol–water partition coefficient (Wildman–Crippen LogP) is 11.4. The van der Waals surface area contributed by atoms with E-state index < -0.39 is 0 Å². The Labute approximate surface area is 447 Å². The van der Waals surface area contributed by atoms with Crippen molar-refractivity contribution in [1.82, 2.24) is 38.9 Å². The fourth-order valence-corrected chi connectivity index (χ4v) is 10.3. The van der Waals surface area contributed by atoms with Gasteiger partial charge in [-0.2, -0.15) is 0 Å². The van der Waals surface area contributed by atoms with Crippen LogP contribution in [0.15, 0.2) is 158 Å². The summed E-state index contributed by atoms with van der Waals surface area (Å²) in [6.45, 7) is 2.83. The number of nitrogens with one attached hydrogen (secondary N) is 3. The first-order valence-electron chi connectivity index (χ1n) is 26.6. The van der Waals surface area contributed by atoms with E-state index in [1.54, 1.807) is 43.0 Å². The number of carbonyl (C=O) groups excluding carboxylic acids is 3. The lowest BCUT2D eigenvalue weighted by Crippen LogP contribution is -2.21. The first-order chi connectivity index (χ1) is 37.7. The summed E-state index contributed by atoms with van der Waals surface area (Å²) in [6, 6.07) is 44.0. The standard InChI is InChI=1S/C22H23N3O.C21H21N3O.C19H18FN5O/c1-16-19(17-7-3-2-4-8-17)11-12-21(23-16)24-22(26)15-25-14-13-18-9-5-6-10-20(18)25;25-21(14-24-15-22-19-8-4-5-9-20(19)24)23-18-12-10-17(11-13-18)16-6-2-1-3-7-16;20-14-6-2-1-5-13(14)15-9-10-18(24-23-15)22-19(26)11-25-12-21-16-7-3-4-8-17(16)25/h2-4,7-8,11-14H,5-6,9-10,15H2,1H3,(H,23,24,26);1-3,6-7,10-13,15H,4-5,8-9,14H2,(H,23,25);1-2,5-6,9-10,12H,3-4,7-8,11H2,(H,22,24,26). The highest BCUT2D eigenvalue weighted by molar-refractivity contribution is 5.91. The maximum Gasteiger partial charge on any atom is 0.245 e. The van der Waals surface area contributed by atoms with Gasteiger partial charge in [-0.05, 0) is 161 Å². The van der Waals surface area contributed by atoms with Crippen molar-refractivity contribution in [2.45, 2.75) is 104 Å². The van der Waals surface area contributed by atoms with E-state index in [0.29, 0.717) is 36.0 Å². The van der Waals surface area contributed by atoms with Crippen molar-refractivity contribution in [3.05, 3.63) is 204 Å². The number of amides is 3. The Morgan fingerprint density at radius 2 is 1.01 bits per heavy atom. The van der Waals surface area contributed by atoms with E-state index >= 15 is 0 Å². The maximum atomic E-state index is 13.8. The van der Waals surface area contributed by atoms with Gasteiger partial charge in [0.1, 0.15) is 31.3 Å². The molecular formula is C62H62FN11O3. The van der Waals surface area contributed by atoms with Crippen molar-refractivity contribution in [2.75, 3.05) is 16.0 Å². The number of hydrogen-bond donors (Lipinski definition) is 3. The minimum atomic E-state index is -0.358. The molecule has 3 amide bonds. The Hall–Kier alpha value is -8.85. The Morgan fingerprint density at radius 1 is 0.481 bits per heavy atom. The van der Waals surface area contributed by atoms with Crippen LogP contribution in [0.4, 0.5) is 21.7 Å². The predicted molar refractivity (Wildman–Crippen MR) is 298 cm³/mol. The number of fused-ring (bicyclic) bond motifs is 3. The lowest BCUT2D eigenvalue weighted by Gasteiger charge is -2.15. The quantitative estimate of drug-likeness (QED) is 0.109. The minimum Gasteiger partial charge on any atom is -0.342 e. The topological polar surface area (TPSA) is 167 Å². The number of anilines is 3. The van der Waals surface area contributed by atoms with Crippen LogP contribution in [0.25, 0.3) is 33.5 Å². The Kier molecular flexibility index (Phi) is 16.5. The number of aryl methyl sites for hydroxylation is 4. The van der Waals surface area contributed by atoms with E-state index in [0.717, 1.165) is 96.5 Å². The van der Waals surface area contributed by atoms with E-state index in [1.807, 2.05) is 95.1 Å². The van der Waals surface area contributed by atoms with Gasteiger partial charge < -0.3 is 29.7 Å². The second kappa shape index (κ2) is 24.7. The fourth-order valence-electron chi connectivity index (χ4n) is 10.3. The Balaban J connectivity index is 0.000000131. The number of halogens is 1. The van der Waals surface area contributed by atoms with Gasteiger partial charge in [-0.1, -0.05) is 84.9 Å². The molecule has 14 nitrogen and oxygen atoms in total. The third-order valence-electron chi connectivity index (χ3n) is 14.2. The maximum absolute atomic E-state index is 13.8. The van der Waals surface area contributed by atoms with E-state index in [1.165, 1.54) is 54.3 Å². The Bertz CT molecular complexity index is 3460. The molecule has 0 unspecified atom stereocenters. The van der Waals surface area contributed by atoms with Crippen molar-refractivity contribution in [3.63, 3.8) is 0 Å². The summed E-state index contributed by atoms with van der Waals surface area (Å²) in [5.41, 5.74) is 14.4. The normalized spacial score (nSPS) is 13.3. The third-order valence-corrected chi connectivity index (χ3v) is 14.2. The number of hydrogen-bond acceptors (Lipinski definition) is 8. The van der Waals surface area contributed by atoms with Gasteiger partial charge in [-0.25, -0.2) is 19.3 Å². The summed E-state index contributed by atoms with van der Waals surface area (Å²) in [7, 11) is 0. The molecule has 0 spiro atoms. The van der Waals surface area contributed by atoms with Crippen LogP contribution in [0.5, 0.6) is 0 Å². The molecule has 3 aliphatic rings. The highest BCUT2D eigenvalue weighted by atomic mass is 19.1. The van der Waals surface area contributed by atoms with Crippen molar-refractivity contribution in [2.24, 2.45) is 0 Å². The average molecular weight is 1030 g/mol. The molecular weight excluding hydrogens is 966 g/mol. The highest BCUT2D eigenvalue weighted by Gasteiger charge is 2.20. The minimum absolute atomic E-state index is 0.0155. The number of carbonyl (C=O) groups is 3. The van der Waals surface area contributed by atoms with Gasteiger partial charge in [-0.3, -0.25) is 14.4 Å². The highest BCUT2D eigenvalue weighted by Crippen LogP contribution is 2.27. The van der Waals surface area contributed by atoms with Crippen molar-refractivity contribution >= 4 is 35.0 Å².